The van der Waals surface area contributed by atoms with Gasteiger partial charge in [-0.15, -0.1) is 13.2 Å². The van der Waals surface area contributed by atoms with Crippen LogP contribution < -0.4 is 31.6 Å². The number of carbonyl (C=O) groups is 3. The van der Waals surface area contributed by atoms with E-state index in [0.717, 1.165) is 22.3 Å². The number of benzene rings is 3. The van der Waals surface area contributed by atoms with Crippen LogP contribution in [0, 0.1) is 0 Å². The number of hydrogen-bond acceptors (Lipinski definition) is 6. The third-order valence-corrected chi connectivity index (χ3v) is 6.74. The van der Waals surface area contributed by atoms with Gasteiger partial charge in [-0.05, 0) is 36.2 Å². The quantitative estimate of drug-likeness (QED) is 0.244. The van der Waals surface area contributed by atoms with Crippen LogP contribution in [0.5, 0.6) is 11.5 Å². The zero-order valence-electron chi connectivity index (χ0n) is 22.5. The SMILES string of the molecule is NC(=O)n1cc(NC(=O)N2C[C@@H](N)C[C@H]2C(=O)Nc2cccc(OC(F)(F)F)c2)c2ccc(OCc3ccccc3)cc21. The smallest absolute Gasteiger partial charge is 0.489 e. The molecule has 1 fully saturated rings. The van der Waals surface area contributed by atoms with Crippen molar-refractivity contribution in [3.05, 3.63) is 84.6 Å². The second kappa shape index (κ2) is 11.9. The van der Waals surface area contributed by atoms with Crippen molar-refractivity contribution >= 4 is 40.2 Å². The average molecular weight is 597 g/mol. The van der Waals surface area contributed by atoms with Crippen molar-refractivity contribution in [3.8, 4) is 11.5 Å². The number of alkyl halides is 3. The molecule has 0 bridgehead atoms. The van der Waals surface area contributed by atoms with Crippen molar-refractivity contribution in [1.29, 1.82) is 0 Å². The summed E-state index contributed by atoms with van der Waals surface area (Å²) in [6, 6.07) is 16.2. The number of fused-ring (bicyclic) bond motifs is 1. The van der Waals surface area contributed by atoms with Crippen LogP contribution in [0.15, 0.2) is 79.0 Å². The number of amides is 4. The van der Waals surface area contributed by atoms with E-state index in [1.54, 1.807) is 18.2 Å². The zero-order valence-corrected chi connectivity index (χ0v) is 22.5. The number of halogens is 3. The minimum atomic E-state index is -4.90. The van der Waals surface area contributed by atoms with Crippen LogP contribution in [0.4, 0.5) is 34.1 Å². The number of carbonyl (C=O) groups excluding carboxylic acids is 3. The normalized spacial score (nSPS) is 16.6. The summed E-state index contributed by atoms with van der Waals surface area (Å²) in [5, 5.41) is 5.73. The monoisotopic (exact) mass is 596 g/mol. The summed E-state index contributed by atoms with van der Waals surface area (Å²) in [5.41, 5.74) is 13.3. The molecule has 4 amide bonds. The number of hydrogen-bond donors (Lipinski definition) is 4. The van der Waals surface area contributed by atoms with Gasteiger partial charge in [-0.2, -0.15) is 0 Å². The van der Waals surface area contributed by atoms with Gasteiger partial charge in [0.2, 0.25) is 5.91 Å². The van der Waals surface area contributed by atoms with E-state index in [0.29, 0.717) is 23.3 Å². The molecule has 43 heavy (non-hydrogen) atoms. The van der Waals surface area contributed by atoms with Crippen LogP contribution in [0.3, 0.4) is 0 Å². The zero-order chi connectivity index (χ0) is 30.7. The number of nitrogens with zero attached hydrogens (tertiary/aromatic N) is 2. The van der Waals surface area contributed by atoms with Gasteiger partial charge in [0.15, 0.2) is 0 Å². The number of primary amides is 1. The number of rotatable bonds is 7. The summed E-state index contributed by atoms with van der Waals surface area (Å²) in [4.78, 5) is 39.9. The van der Waals surface area contributed by atoms with Gasteiger partial charge < -0.3 is 36.5 Å². The fourth-order valence-corrected chi connectivity index (χ4v) is 4.84. The van der Waals surface area contributed by atoms with Gasteiger partial charge in [-0.1, -0.05) is 36.4 Å². The van der Waals surface area contributed by atoms with Gasteiger partial charge in [0.05, 0.1) is 11.2 Å². The third kappa shape index (κ3) is 6.98. The summed E-state index contributed by atoms with van der Waals surface area (Å²) >= 11 is 0. The van der Waals surface area contributed by atoms with Gasteiger partial charge in [-0.3, -0.25) is 9.36 Å². The highest BCUT2D eigenvalue weighted by atomic mass is 19.4. The van der Waals surface area contributed by atoms with Crippen molar-refractivity contribution in [2.45, 2.75) is 31.5 Å². The summed E-state index contributed by atoms with van der Waals surface area (Å²) < 4.78 is 48.7. The lowest BCUT2D eigenvalue weighted by atomic mass is 10.1. The predicted octanol–water partition coefficient (Wildman–Crippen LogP) is 4.62. The standard InChI is InChI=1S/C29H27F3N6O5/c30-29(31,32)43-21-8-4-7-19(12-21)35-26(39)25-11-18(33)14-38(25)28(41)36-23-15-37(27(34)40)24-13-20(9-10-22(23)24)42-16-17-5-2-1-3-6-17/h1-10,12-13,15,18,25H,11,14,16,33H2,(H2,34,40)(H,35,39)(H,36,41)/t18-,25-/m0/s1. The lowest BCUT2D eigenvalue weighted by molar-refractivity contribution is -0.274. The summed E-state index contributed by atoms with van der Waals surface area (Å²) in [7, 11) is 0. The Hall–Kier alpha value is -5.24. The highest BCUT2D eigenvalue weighted by Crippen LogP contribution is 2.31. The molecule has 0 radical (unpaired) electrons. The molecule has 11 nitrogen and oxygen atoms in total. The van der Waals surface area contributed by atoms with E-state index in [2.05, 4.69) is 15.4 Å². The Bertz CT molecular complexity index is 1660. The first-order valence-corrected chi connectivity index (χ1v) is 13.1. The summed E-state index contributed by atoms with van der Waals surface area (Å²) in [6.45, 7) is 0.332. The fourth-order valence-electron chi connectivity index (χ4n) is 4.84. The molecule has 0 spiro atoms. The Morgan fingerprint density at radius 1 is 0.953 bits per heavy atom. The number of aromatic nitrogens is 1. The first kappa shape index (κ1) is 29.3. The number of likely N-dealkylation sites (tertiary alicyclic amines) is 1. The molecular weight excluding hydrogens is 569 g/mol. The lowest BCUT2D eigenvalue weighted by Crippen LogP contribution is -2.45. The van der Waals surface area contributed by atoms with Crippen molar-refractivity contribution < 1.29 is 37.0 Å². The molecule has 0 aliphatic carbocycles. The number of nitrogens with two attached hydrogens (primary N) is 2. The molecule has 14 heteroatoms. The molecule has 224 valence electrons. The van der Waals surface area contributed by atoms with E-state index >= 15 is 0 Å². The van der Waals surface area contributed by atoms with Gasteiger partial charge in [0, 0.05) is 42.0 Å². The van der Waals surface area contributed by atoms with Gasteiger partial charge >= 0.3 is 18.4 Å². The van der Waals surface area contributed by atoms with Crippen LogP contribution in [0.1, 0.15) is 12.0 Å². The Kier molecular flexibility index (Phi) is 8.12. The van der Waals surface area contributed by atoms with Crippen LogP contribution >= 0.6 is 0 Å². The molecule has 6 N–H and O–H groups in total. The second-order valence-electron chi connectivity index (χ2n) is 9.86. The van der Waals surface area contributed by atoms with Gasteiger partial charge in [0.1, 0.15) is 24.1 Å². The van der Waals surface area contributed by atoms with E-state index in [9.17, 15) is 27.6 Å². The maximum absolute atomic E-state index is 13.4. The van der Waals surface area contributed by atoms with E-state index in [-0.39, 0.29) is 24.3 Å². The first-order valence-electron chi connectivity index (χ1n) is 13.1. The molecule has 1 aromatic heterocycles. The Balaban J connectivity index is 1.32. The minimum Gasteiger partial charge on any atom is -0.489 e. The predicted molar refractivity (Wildman–Crippen MR) is 152 cm³/mol. The number of urea groups is 1. The summed E-state index contributed by atoms with van der Waals surface area (Å²) in [6.07, 6.45) is -3.42. The second-order valence-corrected chi connectivity index (χ2v) is 9.86. The highest BCUT2D eigenvalue weighted by Gasteiger charge is 2.39. The fraction of sp³-hybridized carbons (Fsp3) is 0.207. The molecule has 1 aliphatic rings. The Morgan fingerprint density at radius 2 is 1.72 bits per heavy atom. The van der Waals surface area contributed by atoms with Crippen LogP contribution in [0.25, 0.3) is 10.9 Å². The van der Waals surface area contributed by atoms with E-state index in [4.69, 9.17) is 16.2 Å². The van der Waals surface area contributed by atoms with Crippen molar-refractivity contribution in [2.24, 2.45) is 11.5 Å². The molecule has 3 aromatic carbocycles. The van der Waals surface area contributed by atoms with Crippen LogP contribution in [0.2, 0.25) is 0 Å². The van der Waals surface area contributed by atoms with E-state index in [1.807, 2.05) is 30.3 Å². The largest absolute Gasteiger partial charge is 0.573 e. The minimum absolute atomic E-state index is 0.0348. The van der Waals surface area contributed by atoms with Crippen molar-refractivity contribution in [3.63, 3.8) is 0 Å². The highest BCUT2D eigenvalue weighted by molar-refractivity contribution is 6.06. The molecule has 4 aromatic rings. The van der Waals surface area contributed by atoms with Crippen LogP contribution in [-0.4, -0.2) is 52.4 Å². The lowest BCUT2D eigenvalue weighted by Gasteiger charge is -2.24. The molecule has 0 unspecified atom stereocenters. The molecule has 2 atom stereocenters. The van der Waals surface area contributed by atoms with Crippen LogP contribution in [-0.2, 0) is 11.4 Å². The molecule has 1 aliphatic heterocycles. The number of ether oxygens (including phenoxy) is 2. The molecule has 1 saturated heterocycles. The number of nitrogens with one attached hydrogen (secondary N) is 2. The Labute approximate surface area is 243 Å². The van der Waals surface area contributed by atoms with Crippen molar-refractivity contribution in [2.75, 3.05) is 17.2 Å². The number of anilines is 2. The Morgan fingerprint density at radius 3 is 2.44 bits per heavy atom. The first-order chi connectivity index (χ1) is 20.5. The molecule has 5 rings (SSSR count). The van der Waals surface area contributed by atoms with Gasteiger partial charge in [-0.25, -0.2) is 9.59 Å². The third-order valence-electron chi connectivity index (χ3n) is 6.74. The van der Waals surface area contributed by atoms with E-state index < -0.39 is 42.2 Å². The maximum atomic E-state index is 13.4. The topological polar surface area (TPSA) is 154 Å². The average Bonchev–Trinajstić information content (AvgIpc) is 3.52. The summed E-state index contributed by atoms with van der Waals surface area (Å²) in [5.74, 6) is -0.684. The van der Waals surface area contributed by atoms with Crippen molar-refractivity contribution in [1.82, 2.24) is 9.47 Å². The maximum Gasteiger partial charge on any atom is 0.573 e. The molecule has 2 heterocycles. The molecule has 0 saturated carbocycles. The van der Waals surface area contributed by atoms with E-state index in [1.165, 1.54) is 23.2 Å². The van der Waals surface area contributed by atoms with Gasteiger partial charge in [0.25, 0.3) is 0 Å². The molecular formula is C29H27F3N6O5.